The Bertz CT molecular complexity index is 607. The SMILES string of the molecule is CCCC1CCC(C2Cc3ccc(C(C)O)c(F)c3C(F)(F)O2)CC1. The van der Waals surface area contributed by atoms with Crippen molar-refractivity contribution in [3.05, 3.63) is 34.6 Å². The summed E-state index contributed by atoms with van der Waals surface area (Å²) in [6.45, 7) is 3.54. The molecule has 1 heterocycles. The second kappa shape index (κ2) is 7.28. The summed E-state index contributed by atoms with van der Waals surface area (Å²) in [5.74, 6) is -0.238. The van der Waals surface area contributed by atoms with Crippen molar-refractivity contribution < 1.29 is 23.0 Å². The number of hydrogen-bond acceptors (Lipinski definition) is 2. The lowest BCUT2D eigenvalue weighted by molar-refractivity contribution is -0.292. The van der Waals surface area contributed by atoms with Crippen LogP contribution in [0.25, 0.3) is 0 Å². The number of halogens is 3. The molecule has 0 bridgehead atoms. The molecule has 0 spiro atoms. The zero-order valence-corrected chi connectivity index (χ0v) is 14.9. The molecule has 1 aromatic carbocycles. The van der Waals surface area contributed by atoms with Crippen LogP contribution in [-0.4, -0.2) is 11.2 Å². The van der Waals surface area contributed by atoms with Crippen molar-refractivity contribution in [2.45, 2.75) is 77.1 Å². The Labute approximate surface area is 147 Å². The Balaban J connectivity index is 1.80. The quantitative estimate of drug-likeness (QED) is 0.774. The molecule has 140 valence electrons. The van der Waals surface area contributed by atoms with Crippen LogP contribution >= 0.6 is 0 Å². The Hall–Kier alpha value is -1.07. The molecule has 3 rings (SSSR count). The van der Waals surface area contributed by atoms with Crippen LogP contribution in [0.5, 0.6) is 0 Å². The molecule has 2 atom stereocenters. The maximum absolute atomic E-state index is 14.6. The molecule has 0 aromatic heterocycles. The fourth-order valence-electron chi connectivity index (χ4n) is 4.47. The van der Waals surface area contributed by atoms with E-state index in [0.29, 0.717) is 17.9 Å². The third-order valence-electron chi connectivity index (χ3n) is 5.83. The Morgan fingerprint density at radius 2 is 1.92 bits per heavy atom. The van der Waals surface area contributed by atoms with Crippen molar-refractivity contribution in [1.82, 2.24) is 0 Å². The molecule has 2 unspecified atom stereocenters. The van der Waals surface area contributed by atoms with Gasteiger partial charge in [0, 0.05) is 5.56 Å². The molecule has 1 N–H and O–H groups in total. The van der Waals surface area contributed by atoms with Gasteiger partial charge in [0.05, 0.1) is 17.8 Å². The van der Waals surface area contributed by atoms with Crippen LogP contribution in [-0.2, 0) is 17.3 Å². The zero-order valence-electron chi connectivity index (χ0n) is 14.9. The van der Waals surface area contributed by atoms with Gasteiger partial charge in [-0.3, -0.25) is 0 Å². The van der Waals surface area contributed by atoms with Gasteiger partial charge in [-0.05, 0) is 43.6 Å². The topological polar surface area (TPSA) is 29.5 Å². The van der Waals surface area contributed by atoms with E-state index in [1.807, 2.05) is 0 Å². The van der Waals surface area contributed by atoms with Gasteiger partial charge in [0.2, 0.25) is 0 Å². The van der Waals surface area contributed by atoms with Crippen LogP contribution in [0.15, 0.2) is 12.1 Å². The number of ether oxygens (including phenoxy) is 1. The van der Waals surface area contributed by atoms with Gasteiger partial charge in [0.25, 0.3) is 0 Å². The highest BCUT2D eigenvalue weighted by Crippen LogP contribution is 2.45. The summed E-state index contributed by atoms with van der Waals surface area (Å²) in [7, 11) is 0. The van der Waals surface area contributed by atoms with E-state index in [9.17, 15) is 18.3 Å². The molecule has 1 saturated carbocycles. The van der Waals surface area contributed by atoms with E-state index < -0.39 is 29.7 Å². The summed E-state index contributed by atoms with van der Waals surface area (Å²) < 4.78 is 48.7. The number of aliphatic hydroxyl groups excluding tert-OH is 1. The average molecular weight is 356 g/mol. The lowest BCUT2D eigenvalue weighted by Crippen LogP contribution is -2.40. The van der Waals surface area contributed by atoms with Gasteiger partial charge in [-0.1, -0.05) is 44.7 Å². The highest BCUT2D eigenvalue weighted by molar-refractivity contribution is 5.38. The Kier molecular flexibility index (Phi) is 5.45. The fourth-order valence-corrected chi connectivity index (χ4v) is 4.47. The van der Waals surface area contributed by atoms with E-state index in [2.05, 4.69) is 6.92 Å². The van der Waals surface area contributed by atoms with Crippen molar-refractivity contribution >= 4 is 0 Å². The molecule has 2 aliphatic rings. The third-order valence-corrected chi connectivity index (χ3v) is 5.83. The fraction of sp³-hybridized carbons (Fsp3) is 0.700. The van der Waals surface area contributed by atoms with Gasteiger partial charge in [0.1, 0.15) is 5.82 Å². The summed E-state index contributed by atoms with van der Waals surface area (Å²) in [6, 6.07) is 2.93. The second-order valence-corrected chi connectivity index (χ2v) is 7.63. The van der Waals surface area contributed by atoms with E-state index in [1.54, 1.807) is 0 Å². The third kappa shape index (κ3) is 3.72. The first-order valence-electron chi connectivity index (χ1n) is 9.39. The molecule has 1 aliphatic heterocycles. The zero-order chi connectivity index (χ0) is 18.2. The van der Waals surface area contributed by atoms with E-state index in [-0.39, 0.29) is 11.5 Å². The van der Waals surface area contributed by atoms with Crippen molar-refractivity contribution in [3.8, 4) is 0 Å². The summed E-state index contributed by atoms with van der Waals surface area (Å²) in [5.41, 5.74) is -0.499. The molecular formula is C20H27F3O2. The van der Waals surface area contributed by atoms with Crippen molar-refractivity contribution in [3.63, 3.8) is 0 Å². The number of aliphatic hydroxyl groups is 1. The first-order chi connectivity index (χ1) is 11.8. The number of fused-ring (bicyclic) bond motifs is 1. The van der Waals surface area contributed by atoms with Gasteiger partial charge < -0.3 is 9.84 Å². The molecule has 1 aromatic rings. The van der Waals surface area contributed by atoms with Crippen LogP contribution in [0.1, 0.15) is 75.2 Å². The summed E-state index contributed by atoms with van der Waals surface area (Å²) >= 11 is 0. The van der Waals surface area contributed by atoms with E-state index in [0.717, 1.165) is 32.1 Å². The molecule has 1 aliphatic carbocycles. The monoisotopic (exact) mass is 356 g/mol. The average Bonchev–Trinajstić information content (AvgIpc) is 2.54. The Morgan fingerprint density at radius 3 is 2.52 bits per heavy atom. The first kappa shape index (κ1) is 18.7. The number of hydrogen-bond donors (Lipinski definition) is 1. The molecular weight excluding hydrogens is 329 g/mol. The molecule has 2 nitrogen and oxygen atoms in total. The number of benzene rings is 1. The minimum absolute atomic E-state index is 0.103. The number of alkyl halides is 2. The standard InChI is InChI=1S/C20H27F3O2/c1-3-4-13-5-7-14(8-6-13)17-11-15-9-10-16(12(2)24)19(21)18(15)20(22,23)25-17/h9-10,12-14,17,24H,3-8,11H2,1-2H3. The van der Waals surface area contributed by atoms with Crippen LogP contribution in [0, 0.1) is 17.7 Å². The molecule has 25 heavy (non-hydrogen) atoms. The van der Waals surface area contributed by atoms with Crippen molar-refractivity contribution in [2.24, 2.45) is 11.8 Å². The highest BCUT2D eigenvalue weighted by Gasteiger charge is 2.47. The number of rotatable bonds is 4. The van der Waals surface area contributed by atoms with E-state index in [1.165, 1.54) is 25.5 Å². The van der Waals surface area contributed by atoms with Crippen LogP contribution in [0.2, 0.25) is 0 Å². The van der Waals surface area contributed by atoms with Crippen molar-refractivity contribution in [1.29, 1.82) is 0 Å². The molecule has 5 heteroatoms. The highest BCUT2D eigenvalue weighted by atomic mass is 19.3. The molecule has 0 amide bonds. The van der Waals surface area contributed by atoms with E-state index in [4.69, 9.17) is 4.74 Å². The lowest BCUT2D eigenvalue weighted by Gasteiger charge is -2.39. The predicted octanol–water partition coefficient (Wildman–Crippen LogP) is 5.48. The smallest absolute Gasteiger partial charge is 0.386 e. The minimum atomic E-state index is -3.65. The van der Waals surface area contributed by atoms with Crippen LogP contribution < -0.4 is 0 Å². The lowest BCUT2D eigenvalue weighted by atomic mass is 9.76. The maximum atomic E-state index is 14.6. The summed E-state index contributed by atoms with van der Waals surface area (Å²) in [5, 5.41) is 9.57. The second-order valence-electron chi connectivity index (χ2n) is 7.63. The van der Waals surface area contributed by atoms with Gasteiger partial charge in [-0.15, -0.1) is 0 Å². The predicted molar refractivity (Wildman–Crippen MR) is 89.9 cm³/mol. The van der Waals surface area contributed by atoms with Gasteiger partial charge >= 0.3 is 6.11 Å². The van der Waals surface area contributed by atoms with Crippen LogP contribution in [0.4, 0.5) is 13.2 Å². The molecule has 0 radical (unpaired) electrons. The summed E-state index contributed by atoms with van der Waals surface area (Å²) in [6.07, 6.45) is 1.24. The minimum Gasteiger partial charge on any atom is -0.389 e. The van der Waals surface area contributed by atoms with Gasteiger partial charge in [-0.25, -0.2) is 4.39 Å². The van der Waals surface area contributed by atoms with E-state index >= 15 is 0 Å². The van der Waals surface area contributed by atoms with Gasteiger partial charge in [-0.2, -0.15) is 8.78 Å². The van der Waals surface area contributed by atoms with Gasteiger partial charge in [0.15, 0.2) is 0 Å². The first-order valence-corrected chi connectivity index (χ1v) is 9.39. The van der Waals surface area contributed by atoms with Crippen LogP contribution in [0.3, 0.4) is 0 Å². The molecule has 0 saturated heterocycles. The molecule has 1 fully saturated rings. The summed E-state index contributed by atoms with van der Waals surface area (Å²) in [4.78, 5) is 0. The largest absolute Gasteiger partial charge is 0.389 e. The van der Waals surface area contributed by atoms with Crippen molar-refractivity contribution in [2.75, 3.05) is 0 Å². The Morgan fingerprint density at radius 1 is 1.24 bits per heavy atom. The normalized spacial score (nSPS) is 29.9. The maximum Gasteiger partial charge on any atom is 0.386 e.